The van der Waals surface area contributed by atoms with Crippen LogP contribution in [0.3, 0.4) is 0 Å². The number of halogens is 1. The molecule has 0 saturated carbocycles. The van der Waals surface area contributed by atoms with E-state index in [4.69, 9.17) is 16.3 Å². The quantitative estimate of drug-likeness (QED) is 0.866. The Morgan fingerprint density at radius 2 is 2.12 bits per heavy atom. The average Bonchev–Trinajstić information content (AvgIpc) is 2.75. The first-order chi connectivity index (χ1) is 8.11. The predicted molar refractivity (Wildman–Crippen MR) is 66.7 cm³/mol. The van der Waals surface area contributed by atoms with Crippen molar-refractivity contribution in [1.29, 1.82) is 0 Å². The highest BCUT2D eigenvalue weighted by atomic mass is 35.5. The zero-order chi connectivity index (χ0) is 12.4. The molecule has 0 amide bonds. The van der Waals surface area contributed by atoms with Gasteiger partial charge in [-0.15, -0.1) is 0 Å². The number of fused-ring (bicyclic) bond motifs is 1. The summed E-state index contributed by atoms with van der Waals surface area (Å²) < 4.78 is 5.55. The van der Waals surface area contributed by atoms with Gasteiger partial charge in [0.05, 0.1) is 18.8 Å². The van der Waals surface area contributed by atoms with Crippen LogP contribution in [0.5, 0.6) is 5.75 Å². The van der Waals surface area contributed by atoms with Crippen molar-refractivity contribution >= 4 is 11.6 Å². The minimum Gasteiger partial charge on any atom is -0.493 e. The molecule has 2 N–H and O–H groups in total. The summed E-state index contributed by atoms with van der Waals surface area (Å²) >= 11 is 6.03. The second-order valence-corrected chi connectivity index (χ2v) is 4.84. The highest BCUT2D eigenvalue weighted by molar-refractivity contribution is 6.30. The number of ether oxygens (including phenoxy) is 1. The van der Waals surface area contributed by atoms with Crippen molar-refractivity contribution in [2.24, 2.45) is 0 Å². The molecular formula is C13H17ClO3. The molecule has 17 heavy (non-hydrogen) atoms. The Morgan fingerprint density at radius 1 is 1.35 bits per heavy atom. The van der Waals surface area contributed by atoms with E-state index in [1.165, 1.54) is 0 Å². The van der Waals surface area contributed by atoms with Gasteiger partial charge in [-0.2, -0.15) is 0 Å². The van der Waals surface area contributed by atoms with Gasteiger partial charge in [0, 0.05) is 17.9 Å². The van der Waals surface area contributed by atoms with Gasteiger partial charge in [-0.3, -0.25) is 0 Å². The molecule has 2 unspecified atom stereocenters. The van der Waals surface area contributed by atoms with Crippen molar-refractivity contribution in [3.8, 4) is 5.75 Å². The average molecular weight is 257 g/mol. The van der Waals surface area contributed by atoms with Gasteiger partial charge in [0.15, 0.2) is 0 Å². The van der Waals surface area contributed by atoms with Gasteiger partial charge in [-0.1, -0.05) is 18.5 Å². The van der Waals surface area contributed by atoms with Gasteiger partial charge < -0.3 is 14.9 Å². The van der Waals surface area contributed by atoms with Crippen molar-refractivity contribution in [1.82, 2.24) is 0 Å². The summed E-state index contributed by atoms with van der Waals surface area (Å²) in [6, 6.07) is 3.70. The topological polar surface area (TPSA) is 49.7 Å². The summed E-state index contributed by atoms with van der Waals surface area (Å²) in [4.78, 5) is 0. The van der Waals surface area contributed by atoms with E-state index in [1.807, 2.05) is 13.0 Å². The molecule has 1 aromatic carbocycles. The lowest BCUT2D eigenvalue weighted by atomic mass is 9.99. The van der Waals surface area contributed by atoms with Crippen LogP contribution in [-0.2, 0) is 12.8 Å². The fourth-order valence-electron chi connectivity index (χ4n) is 2.13. The van der Waals surface area contributed by atoms with Crippen LogP contribution >= 0.6 is 11.6 Å². The van der Waals surface area contributed by atoms with Crippen molar-refractivity contribution in [2.75, 3.05) is 6.61 Å². The molecule has 4 heteroatoms. The molecule has 1 heterocycles. The standard InChI is InChI=1S/C13H17ClO3/c1-2-11(15)12(16)7-9-6-10(14)5-8-3-4-17-13(8)9/h5-6,11-12,15-16H,2-4,7H2,1H3. The minimum absolute atomic E-state index is 0.373. The van der Waals surface area contributed by atoms with E-state index in [2.05, 4.69) is 0 Å². The summed E-state index contributed by atoms with van der Waals surface area (Å²) in [5, 5.41) is 20.1. The summed E-state index contributed by atoms with van der Waals surface area (Å²) in [6.07, 6.45) is 0.288. The maximum absolute atomic E-state index is 9.84. The number of rotatable bonds is 4. The van der Waals surface area contributed by atoms with E-state index in [1.54, 1.807) is 6.07 Å². The van der Waals surface area contributed by atoms with Crippen LogP contribution in [0.2, 0.25) is 5.02 Å². The molecule has 0 aliphatic carbocycles. The van der Waals surface area contributed by atoms with Gasteiger partial charge in [0.1, 0.15) is 5.75 Å². The third-order valence-electron chi connectivity index (χ3n) is 3.12. The SMILES string of the molecule is CCC(O)C(O)Cc1cc(Cl)cc2c1OCC2. The first-order valence-corrected chi connectivity index (χ1v) is 6.29. The minimum atomic E-state index is -0.772. The van der Waals surface area contributed by atoms with E-state index in [0.29, 0.717) is 24.5 Å². The Labute approximate surface area is 106 Å². The highest BCUT2D eigenvalue weighted by Gasteiger charge is 2.22. The van der Waals surface area contributed by atoms with E-state index < -0.39 is 12.2 Å². The molecule has 2 rings (SSSR count). The van der Waals surface area contributed by atoms with E-state index >= 15 is 0 Å². The number of hydrogen-bond acceptors (Lipinski definition) is 3. The normalized spacial score (nSPS) is 17.4. The predicted octanol–water partition coefficient (Wildman–Crippen LogP) is 1.95. The summed E-state index contributed by atoms with van der Waals surface area (Å²) in [5.41, 5.74) is 1.97. The zero-order valence-corrected chi connectivity index (χ0v) is 10.6. The van der Waals surface area contributed by atoms with Gasteiger partial charge in [-0.05, 0) is 29.7 Å². The lowest BCUT2D eigenvalue weighted by Crippen LogP contribution is -2.27. The third-order valence-corrected chi connectivity index (χ3v) is 3.34. The monoisotopic (exact) mass is 256 g/mol. The molecule has 0 fully saturated rings. The van der Waals surface area contributed by atoms with Crippen molar-refractivity contribution in [2.45, 2.75) is 38.4 Å². The van der Waals surface area contributed by atoms with Crippen LogP contribution in [0.4, 0.5) is 0 Å². The third kappa shape index (κ3) is 2.73. The molecule has 0 saturated heterocycles. The van der Waals surface area contributed by atoms with Gasteiger partial charge in [0.25, 0.3) is 0 Å². The number of benzene rings is 1. The Kier molecular flexibility index (Phi) is 3.92. The van der Waals surface area contributed by atoms with Gasteiger partial charge in [0.2, 0.25) is 0 Å². The van der Waals surface area contributed by atoms with Gasteiger partial charge in [-0.25, -0.2) is 0 Å². The van der Waals surface area contributed by atoms with E-state index in [9.17, 15) is 10.2 Å². The van der Waals surface area contributed by atoms with Crippen molar-refractivity contribution < 1.29 is 14.9 Å². The van der Waals surface area contributed by atoms with Crippen LogP contribution in [0.25, 0.3) is 0 Å². The second kappa shape index (κ2) is 5.25. The molecule has 1 aromatic rings. The second-order valence-electron chi connectivity index (χ2n) is 4.40. The van der Waals surface area contributed by atoms with Crippen LogP contribution in [-0.4, -0.2) is 29.0 Å². The van der Waals surface area contributed by atoms with E-state index in [-0.39, 0.29) is 0 Å². The van der Waals surface area contributed by atoms with Crippen LogP contribution < -0.4 is 4.74 Å². The molecule has 1 aliphatic rings. The summed E-state index contributed by atoms with van der Waals surface area (Å²) in [6.45, 7) is 2.50. The number of aliphatic hydroxyl groups is 2. The largest absolute Gasteiger partial charge is 0.493 e. The first kappa shape index (κ1) is 12.7. The Balaban J connectivity index is 2.21. The summed E-state index contributed by atoms with van der Waals surface area (Å²) in [7, 11) is 0. The van der Waals surface area contributed by atoms with Crippen LogP contribution in [0.1, 0.15) is 24.5 Å². The fraction of sp³-hybridized carbons (Fsp3) is 0.538. The summed E-state index contributed by atoms with van der Waals surface area (Å²) in [5.74, 6) is 0.830. The zero-order valence-electron chi connectivity index (χ0n) is 9.82. The molecular weight excluding hydrogens is 240 g/mol. The maximum Gasteiger partial charge on any atom is 0.126 e. The fourth-order valence-corrected chi connectivity index (χ4v) is 2.39. The van der Waals surface area contributed by atoms with Crippen LogP contribution in [0, 0.1) is 0 Å². The lowest BCUT2D eigenvalue weighted by Gasteiger charge is -2.17. The van der Waals surface area contributed by atoms with Gasteiger partial charge >= 0.3 is 0 Å². The molecule has 0 spiro atoms. The maximum atomic E-state index is 9.84. The molecule has 3 nitrogen and oxygen atoms in total. The lowest BCUT2D eigenvalue weighted by molar-refractivity contribution is 0.0179. The van der Waals surface area contributed by atoms with E-state index in [0.717, 1.165) is 23.3 Å². The molecule has 1 aliphatic heterocycles. The molecule has 0 radical (unpaired) electrons. The molecule has 2 atom stereocenters. The number of aliphatic hydroxyl groups excluding tert-OH is 2. The smallest absolute Gasteiger partial charge is 0.126 e. The Bertz CT molecular complexity index is 406. The Hall–Kier alpha value is -0.770. The van der Waals surface area contributed by atoms with Crippen molar-refractivity contribution in [3.63, 3.8) is 0 Å². The highest BCUT2D eigenvalue weighted by Crippen LogP contribution is 2.33. The number of hydrogen-bond donors (Lipinski definition) is 2. The molecule has 0 aromatic heterocycles. The first-order valence-electron chi connectivity index (χ1n) is 5.92. The molecule has 0 bridgehead atoms. The Morgan fingerprint density at radius 3 is 2.82 bits per heavy atom. The van der Waals surface area contributed by atoms with Crippen molar-refractivity contribution in [3.05, 3.63) is 28.3 Å². The molecule has 94 valence electrons. The van der Waals surface area contributed by atoms with Crippen LogP contribution in [0.15, 0.2) is 12.1 Å².